The van der Waals surface area contributed by atoms with Crippen molar-refractivity contribution >= 4 is 22.9 Å². The highest BCUT2D eigenvalue weighted by Crippen LogP contribution is 2.26. The van der Waals surface area contributed by atoms with Crippen LogP contribution >= 0.6 is 0 Å². The van der Waals surface area contributed by atoms with Crippen LogP contribution in [0.15, 0.2) is 24.3 Å². The first-order valence-corrected chi connectivity index (χ1v) is 9.37. The van der Waals surface area contributed by atoms with Gasteiger partial charge in [-0.3, -0.25) is 4.79 Å². The van der Waals surface area contributed by atoms with Gasteiger partial charge in [0.1, 0.15) is 5.69 Å². The van der Waals surface area contributed by atoms with Gasteiger partial charge in [-0.15, -0.1) is 0 Å². The van der Waals surface area contributed by atoms with Crippen molar-refractivity contribution < 1.29 is 14.3 Å². The molecule has 2 heterocycles. The van der Waals surface area contributed by atoms with Crippen LogP contribution in [0.1, 0.15) is 42.7 Å². The lowest BCUT2D eigenvalue weighted by molar-refractivity contribution is 0.0854. The van der Waals surface area contributed by atoms with E-state index < -0.39 is 0 Å². The number of hydrogen-bond donors (Lipinski definition) is 1. The summed E-state index contributed by atoms with van der Waals surface area (Å²) in [6.45, 7) is 8.22. The molecule has 26 heavy (non-hydrogen) atoms. The van der Waals surface area contributed by atoms with Crippen molar-refractivity contribution in [2.75, 3.05) is 19.7 Å². The number of ether oxygens (including phenoxy) is 1. The second kappa shape index (κ2) is 7.81. The molecule has 2 aromatic rings. The van der Waals surface area contributed by atoms with Crippen molar-refractivity contribution in [3.05, 3.63) is 35.5 Å². The van der Waals surface area contributed by atoms with E-state index in [0.717, 1.165) is 41.5 Å². The first kappa shape index (κ1) is 18.3. The normalized spacial score (nSPS) is 15.3. The third-order valence-corrected chi connectivity index (χ3v) is 5.11. The minimum absolute atomic E-state index is 0.0323. The maximum Gasteiger partial charge on any atom is 0.409 e. The van der Waals surface area contributed by atoms with Crippen molar-refractivity contribution in [1.29, 1.82) is 0 Å². The number of carbonyl (C=O) groups excluding carboxylic acids is 2. The number of para-hydroxylation sites is 1. The van der Waals surface area contributed by atoms with Crippen LogP contribution in [0.25, 0.3) is 10.9 Å². The molecular formula is C20H27N3O3. The Labute approximate surface area is 154 Å². The monoisotopic (exact) mass is 357 g/mol. The molecule has 1 saturated heterocycles. The summed E-state index contributed by atoms with van der Waals surface area (Å²) in [5, 5.41) is 4.29. The molecule has 0 radical (unpaired) electrons. The molecule has 0 saturated carbocycles. The molecule has 0 aliphatic carbocycles. The summed E-state index contributed by atoms with van der Waals surface area (Å²) in [5.41, 5.74) is 2.85. The van der Waals surface area contributed by atoms with Gasteiger partial charge in [0.2, 0.25) is 0 Å². The average molecular weight is 357 g/mol. The van der Waals surface area contributed by atoms with E-state index in [1.807, 2.05) is 19.1 Å². The minimum Gasteiger partial charge on any atom is -0.450 e. The number of carbonyl (C=O) groups is 2. The Morgan fingerprint density at radius 3 is 2.54 bits per heavy atom. The van der Waals surface area contributed by atoms with Crippen LogP contribution in [-0.2, 0) is 11.3 Å². The molecule has 0 bridgehead atoms. The molecule has 6 nitrogen and oxygen atoms in total. The fourth-order valence-electron chi connectivity index (χ4n) is 3.77. The van der Waals surface area contributed by atoms with E-state index in [1.54, 1.807) is 11.8 Å². The summed E-state index contributed by atoms with van der Waals surface area (Å²) < 4.78 is 7.12. The van der Waals surface area contributed by atoms with Gasteiger partial charge in [-0.05, 0) is 45.2 Å². The van der Waals surface area contributed by atoms with E-state index >= 15 is 0 Å². The molecular weight excluding hydrogens is 330 g/mol. The SMILES string of the molecule is CCOC(=O)N1CCC(NC(=O)c2c(C)c3ccccc3n2CC)CC1. The average Bonchev–Trinajstić information content (AvgIpc) is 2.95. The highest BCUT2D eigenvalue weighted by atomic mass is 16.6. The topological polar surface area (TPSA) is 63.6 Å². The molecule has 1 aromatic heterocycles. The van der Waals surface area contributed by atoms with E-state index in [4.69, 9.17) is 4.74 Å². The van der Waals surface area contributed by atoms with Gasteiger partial charge < -0.3 is 19.5 Å². The van der Waals surface area contributed by atoms with Gasteiger partial charge in [0.05, 0.1) is 6.61 Å². The predicted octanol–water partition coefficient (Wildman–Crippen LogP) is 3.32. The molecule has 1 N–H and O–H groups in total. The predicted molar refractivity (Wildman–Crippen MR) is 101 cm³/mol. The summed E-state index contributed by atoms with van der Waals surface area (Å²) in [6, 6.07) is 8.20. The quantitative estimate of drug-likeness (QED) is 0.913. The Hall–Kier alpha value is -2.50. The Morgan fingerprint density at radius 2 is 1.88 bits per heavy atom. The lowest BCUT2D eigenvalue weighted by Gasteiger charge is -2.31. The zero-order valence-corrected chi connectivity index (χ0v) is 15.7. The molecule has 1 fully saturated rings. The minimum atomic E-state index is -0.265. The highest BCUT2D eigenvalue weighted by Gasteiger charge is 2.26. The van der Waals surface area contributed by atoms with Crippen LogP contribution in [-0.4, -0.2) is 47.2 Å². The molecule has 0 spiro atoms. The number of likely N-dealkylation sites (tertiary alicyclic amines) is 1. The standard InChI is InChI=1S/C20H27N3O3/c1-4-23-17-9-7-6-8-16(17)14(3)18(23)19(24)21-15-10-12-22(13-11-15)20(25)26-5-2/h6-9,15H,4-5,10-13H2,1-3H3,(H,21,24). The van der Waals surface area contributed by atoms with Crippen LogP contribution in [0, 0.1) is 6.92 Å². The van der Waals surface area contributed by atoms with E-state index in [-0.39, 0.29) is 18.0 Å². The van der Waals surface area contributed by atoms with Gasteiger partial charge in [0.25, 0.3) is 5.91 Å². The number of amides is 2. The van der Waals surface area contributed by atoms with Crippen molar-refractivity contribution in [2.45, 2.75) is 46.2 Å². The molecule has 1 aliphatic rings. The van der Waals surface area contributed by atoms with E-state index in [2.05, 4.69) is 28.9 Å². The van der Waals surface area contributed by atoms with Gasteiger partial charge in [-0.25, -0.2) is 4.79 Å². The van der Waals surface area contributed by atoms with Gasteiger partial charge in [0.15, 0.2) is 0 Å². The molecule has 1 aromatic carbocycles. The van der Waals surface area contributed by atoms with Crippen LogP contribution in [0.4, 0.5) is 4.79 Å². The Bertz CT molecular complexity index is 804. The summed E-state index contributed by atoms with van der Waals surface area (Å²) in [6.07, 6.45) is 1.23. The smallest absolute Gasteiger partial charge is 0.409 e. The maximum atomic E-state index is 13.0. The highest BCUT2D eigenvalue weighted by molar-refractivity contribution is 6.01. The van der Waals surface area contributed by atoms with Crippen molar-refractivity contribution in [1.82, 2.24) is 14.8 Å². The maximum absolute atomic E-state index is 13.0. The van der Waals surface area contributed by atoms with Crippen LogP contribution in [0.3, 0.4) is 0 Å². The number of aryl methyl sites for hydroxylation is 2. The van der Waals surface area contributed by atoms with Crippen LogP contribution in [0.2, 0.25) is 0 Å². The zero-order valence-electron chi connectivity index (χ0n) is 15.7. The number of aromatic nitrogens is 1. The lowest BCUT2D eigenvalue weighted by Crippen LogP contribution is -2.47. The second-order valence-corrected chi connectivity index (χ2v) is 6.67. The van der Waals surface area contributed by atoms with Gasteiger partial charge in [-0.1, -0.05) is 18.2 Å². The van der Waals surface area contributed by atoms with Crippen molar-refractivity contribution in [2.24, 2.45) is 0 Å². The lowest BCUT2D eigenvalue weighted by atomic mass is 10.0. The number of hydrogen-bond acceptors (Lipinski definition) is 3. The Kier molecular flexibility index (Phi) is 5.49. The number of benzene rings is 1. The fraction of sp³-hybridized carbons (Fsp3) is 0.500. The van der Waals surface area contributed by atoms with Crippen LogP contribution < -0.4 is 5.32 Å². The van der Waals surface area contributed by atoms with E-state index in [9.17, 15) is 9.59 Å². The number of rotatable bonds is 4. The summed E-state index contributed by atoms with van der Waals surface area (Å²) in [7, 11) is 0. The molecule has 0 atom stereocenters. The van der Waals surface area contributed by atoms with Gasteiger partial charge >= 0.3 is 6.09 Å². The molecule has 0 unspecified atom stereocenters. The second-order valence-electron chi connectivity index (χ2n) is 6.67. The molecule has 6 heteroatoms. The third kappa shape index (κ3) is 3.41. The Balaban J connectivity index is 1.71. The number of fused-ring (bicyclic) bond motifs is 1. The first-order chi connectivity index (χ1) is 12.6. The van der Waals surface area contributed by atoms with Gasteiger partial charge in [0, 0.05) is 36.6 Å². The van der Waals surface area contributed by atoms with Crippen molar-refractivity contribution in [3.63, 3.8) is 0 Å². The van der Waals surface area contributed by atoms with E-state index in [0.29, 0.717) is 19.7 Å². The first-order valence-electron chi connectivity index (χ1n) is 9.37. The Morgan fingerprint density at radius 1 is 1.19 bits per heavy atom. The molecule has 2 amide bonds. The summed E-state index contributed by atoms with van der Waals surface area (Å²) >= 11 is 0. The number of nitrogens with one attached hydrogen (secondary N) is 1. The van der Waals surface area contributed by atoms with Gasteiger partial charge in [-0.2, -0.15) is 0 Å². The van der Waals surface area contributed by atoms with Crippen molar-refractivity contribution in [3.8, 4) is 0 Å². The summed E-state index contributed by atoms with van der Waals surface area (Å²) in [5.74, 6) is -0.0323. The zero-order chi connectivity index (χ0) is 18.7. The molecule has 1 aliphatic heterocycles. The fourth-order valence-corrected chi connectivity index (χ4v) is 3.77. The number of nitrogens with zero attached hydrogens (tertiary/aromatic N) is 2. The third-order valence-electron chi connectivity index (χ3n) is 5.11. The largest absolute Gasteiger partial charge is 0.450 e. The van der Waals surface area contributed by atoms with Crippen LogP contribution in [0.5, 0.6) is 0 Å². The summed E-state index contributed by atoms with van der Waals surface area (Å²) in [4.78, 5) is 26.5. The molecule has 140 valence electrons. The number of piperidine rings is 1. The van der Waals surface area contributed by atoms with E-state index in [1.165, 1.54) is 0 Å². The molecule has 3 rings (SSSR count).